The van der Waals surface area contributed by atoms with Crippen LogP contribution in [0.4, 0.5) is 17.3 Å². The zero-order chi connectivity index (χ0) is 18.1. The molecular formula is C16H19N5O4. The van der Waals surface area contributed by atoms with Crippen LogP contribution < -0.4 is 20.1 Å². The maximum atomic E-state index is 11.4. The Balaban J connectivity index is 2.07. The number of methoxy groups -OCH3 is 2. The third kappa shape index (κ3) is 2.77. The van der Waals surface area contributed by atoms with E-state index in [4.69, 9.17) is 15.2 Å². The van der Waals surface area contributed by atoms with E-state index in [9.17, 15) is 10.1 Å². The minimum absolute atomic E-state index is 0.139. The lowest BCUT2D eigenvalue weighted by Gasteiger charge is -2.36. The first-order valence-electron chi connectivity index (χ1n) is 7.74. The molecular weight excluding hydrogens is 326 g/mol. The van der Waals surface area contributed by atoms with Crippen molar-refractivity contribution in [2.24, 2.45) is 0 Å². The second-order valence-electron chi connectivity index (χ2n) is 5.71. The molecule has 2 heterocycles. The Morgan fingerprint density at radius 1 is 1.28 bits per heavy atom. The number of benzene rings is 1. The molecule has 1 aromatic carbocycles. The SMILES string of the molecule is COc1cc2c(cc1OC)[C@@H](C)N(c1ncnc(N)c1[N+](=O)[O-])CC2. The monoisotopic (exact) mass is 345 g/mol. The third-order valence-corrected chi connectivity index (χ3v) is 4.47. The summed E-state index contributed by atoms with van der Waals surface area (Å²) in [6.45, 7) is 2.53. The first-order chi connectivity index (χ1) is 12.0. The summed E-state index contributed by atoms with van der Waals surface area (Å²) in [6, 6.07) is 3.71. The van der Waals surface area contributed by atoms with Crippen LogP contribution in [0, 0.1) is 10.1 Å². The molecule has 0 saturated heterocycles. The lowest BCUT2D eigenvalue weighted by atomic mass is 9.92. The summed E-state index contributed by atoms with van der Waals surface area (Å²) in [4.78, 5) is 20.6. The van der Waals surface area contributed by atoms with Crippen LogP contribution in [0.25, 0.3) is 0 Å². The van der Waals surface area contributed by atoms with Gasteiger partial charge >= 0.3 is 5.69 Å². The van der Waals surface area contributed by atoms with Gasteiger partial charge in [0, 0.05) is 6.54 Å². The Kier molecular flexibility index (Phi) is 4.30. The smallest absolute Gasteiger partial charge is 0.353 e. The molecule has 0 fully saturated rings. The summed E-state index contributed by atoms with van der Waals surface area (Å²) in [5.74, 6) is 1.37. The van der Waals surface area contributed by atoms with Crippen molar-refractivity contribution < 1.29 is 14.4 Å². The molecule has 132 valence electrons. The molecule has 0 aliphatic carbocycles. The summed E-state index contributed by atoms with van der Waals surface area (Å²) < 4.78 is 10.7. The van der Waals surface area contributed by atoms with Gasteiger partial charge in [-0.05, 0) is 36.6 Å². The highest BCUT2D eigenvalue weighted by molar-refractivity contribution is 5.69. The molecule has 3 rings (SSSR count). The number of hydrogen-bond donors (Lipinski definition) is 1. The third-order valence-electron chi connectivity index (χ3n) is 4.47. The lowest BCUT2D eigenvalue weighted by Crippen LogP contribution is -2.35. The van der Waals surface area contributed by atoms with Crippen LogP contribution in [0.1, 0.15) is 24.1 Å². The molecule has 2 N–H and O–H groups in total. The van der Waals surface area contributed by atoms with E-state index in [-0.39, 0.29) is 23.4 Å². The summed E-state index contributed by atoms with van der Waals surface area (Å²) in [5, 5.41) is 11.4. The Bertz CT molecular complexity index is 826. The molecule has 1 atom stereocenters. The number of hydrogen-bond acceptors (Lipinski definition) is 8. The first-order valence-corrected chi connectivity index (χ1v) is 7.74. The van der Waals surface area contributed by atoms with Gasteiger partial charge in [0.2, 0.25) is 11.6 Å². The van der Waals surface area contributed by atoms with Crippen LogP contribution >= 0.6 is 0 Å². The van der Waals surface area contributed by atoms with Gasteiger partial charge in [0.1, 0.15) is 6.33 Å². The molecule has 2 aromatic rings. The predicted molar refractivity (Wildman–Crippen MR) is 92.1 cm³/mol. The summed E-state index contributed by atoms with van der Waals surface area (Å²) in [6.07, 6.45) is 1.94. The van der Waals surface area contributed by atoms with Gasteiger partial charge in [-0.15, -0.1) is 0 Å². The van der Waals surface area contributed by atoms with Crippen LogP contribution in [-0.2, 0) is 6.42 Å². The average Bonchev–Trinajstić information content (AvgIpc) is 2.60. The predicted octanol–water partition coefficient (Wildman–Crippen LogP) is 2.11. The average molecular weight is 345 g/mol. The molecule has 1 aromatic heterocycles. The zero-order valence-corrected chi connectivity index (χ0v) is 14.2. The molecule has 0 saturated carbocycles. The zero-order valence-electron chi connectivity index (χ0n) is 14.2. The van der Waals surface area contributed by atoms with Gasteiger partial charge in [-0.3, -0.25) is 10.1 Å². The number of anilines is 2. The number of nitrogens with two attached hydrogens (primary N) is 1. The maximum absolute atomic E-state index is 11.4. The Labute approximate surface area is 144 Å². The highest BCUT2D eigenvalue weighted by atomic mass is 16.6. The Morgan fingerprint density at radius 2 is 1.96 bits per heavy atom. The highest BCUT2D eigenvalue weighted by Crippen LogP contribution is 2.41. The largest absolute Gasteiger partial charge is 0.493 e. The summed E-state index contributed by atoms with van der Waals surface area (Å²) in [5.41, 5.74) is 7.56. The summed E-state index contributed by atoms with van der Waals surface area (Å²) in [7, 11) is 3.17. The van der Waals surface area contributed by atoms with E-state index in [0.29, 0.717) is 24.5 Å². The number of nitro groups is 1. The second-order valence-corrected chi connectivity index (χ2v) is 5.71. The van der Waals surface area contributed by atoms with Crippen molar-refractivity contribution in [2.45, 2.75) is 19.4 Å². The van der Waals surface area contributed by atoms with Crippen molar-refractivity contribution in [1.82, 2.24) is 9.97 Å². The van der Waals surface area contributed by atoms with Crippen molar-refractivity contribution >= 4 is 17.3 Å². The van der Waals surface area contributed by atoms with Gasteiger partial charge < -0.3 is 20.1 Å². The van der Waals surface area contributed by atoms with E-state index in [2.05, 4.69) is 9.97 Å². The van der Waals surface area contributed by atoms with E-state index in [0.717, 1.165) is 11.1 Å². The molecule has 9 heteroatoms. The molecule has 1 aliphatic rings. The fraction of sp³-hybridized carbons (Fsp3) is 0.375. The topological polar surface area (TPSA) is 117 Å². The van der Waals surface area contributed by atoms with Crippen molar-refractivity contribution in [3.05, 3.63) is 39.7 Å². The van der Waals surface area contributed by atoms with Crippen LogP contribution in [0.5, 0.6) is 11.5 Å². The molecule has 0 bridgehead atoms. The molecule has 1 aliphatic heterocycles. The fourth-order valence-corrected chi connectivity index (χ4v) is 3.20. The minimum atomic E-state index is -0.540. The van der Waals surface area contributed by atoms with Crippen LogP contribution in [-0.4, -0.2) is 35.7 Å². The van der Waals surface area contributed by atoms with Crippen LogP contribution in [0.2, 0.25) is 0 Å². The molecule has 0 unspecified atom stereocenters. The highest BCUT2D eigenvalue weighted by Gasteiger charge is 2.32. The second kappa shape index (κ2) is 6.42. The summed E-state index contributed by atoms with van der Waals surface area (Å²) >= 11 is 0. The number of aromatic nitrogens is 2. The normalized spacial score (nSPS) is 16.3. The molecule has 9 nitrogen and oxygen atoms in total. The van der Waals surface area contributed by atoms with Crippen molar-refractivity contribution in [1.29, 1.82) is 0 Å². The van der Waals surface area contributed by atoms with E-state index in [1.165, 1.54) is 6.33 Å². The van der Waals surface area contributed by atoms with Crippen LogP contribution in [0.15, 0.2) is 18.5 Å². The molecule has 0 amide bonds. The van der Waals surface area contributed by atoms with Crippen molar-refractivity contribution in [3.63, 3.8) is 0 Å². The van der Waals surface area contributed by atoms with Crippen LogP contribution in [0.3, 0.4) is 0 Å². The van der Waals surface area contributed by atoms with Gasteiger partial charge in [-0.2, -0.15) is 0 Å². The lowest BCUT2D eigenvalue weighted by molar-refractivity contribution is -0.383. The number of rotatable bonds is 4. The minimum Gasteiger partial charge on any atom is -0.493 e. The fourth-order valence-electron chi connectivity index (χ4n) is 3.20. The maximum Gasteiger partial charge on any atom is 0.353 e. The number of nitrogens with zero attached hydrogens (tertiary/aromatic N) is 4. The van der Waals surface area contributed by atoms with Gasteiger partial charge in [-0.1, -0.05) is 0 Å². The Morgan fingerprint density at radius 3 is 2.60 bits per heavy atom. The van der Waals surface area contributed by atoms with Crippen molar-refractivity contribution in [3.8, 4) is 11.5 Å². The number of nitrogen functional groups attached to an aromatic ring is 1. The van der Waals surface area contributed by atoms with Gasteiger partial charge in [0.05, 0.1) is 25.2 Å². The molecule has 25 heavy (non-hydrogen) atoms. The number of ether oxygens (including phenoxy) is 2. The first kappa shape index (κ1) is 16.7. The van der Waals surface area contributed by atoms with E-state index in [1.54, 1.807) is 14.2 Å². The van der Waals surface area contributed by atoms with Gasteiger partial charge in [0.25, 0.3) is 0 Å². The Hall–Kier alpha value is -3.10. The molecule has 0 radical (unpaired) electrons. The van der Waals surface area contributed by atoms with E-state index in [1.807, 2.05) is 24.0 Å². The quantitative estimate of drug-likeness (QED) is 0.661. The van der Waals surface area contributed by atoms with Gasteiger partial charge in [-0.25, -0.2) is 9.97 Å². The van der Waals surface area contributed by atoms with Crippen molar-refractivity contribution in [2.75, 3.05) is 31.4 Å². The van der Waals surface area contributed by atoms with E-state index >= 15 is 0 Å². The van der Waals surface area contributed by atoms with Gasteiger partial charge in [0.15, 0.2) is 11.5 Å². The molecule has 0 spiro atoms. The standard InChI is InChI=1S/C16H19N5O4/c1-9-11-7-13(25-3)12(24-2)6-10(11)4-5-20(9)16-14(21(22)23)15(17)18-8-19-16/h6-9H,4-5H2,1-3H3,(H2,17,18,19)/t9-/m1/s1. The van der Waals surface area contributed by atoms with E-state index < -0.39 is 4.92 Å². The number of fused-ring (bicyclic) bond motifs is 1.